The second-order valence-electron chi connectivity index (χ2n) is 5.93. The normalized spacial score (nSPS) is 11.0. The standard InChI is InChI=1S/C17H24N4O3S/c1-6-13-11(2)25-16(15(13)17(23)24-5)19-14(22)10-20(3)8-12-7-18-21(4)9-12/h7,9H,6,8,10H2,1-5H3,(H,19,22). The van der Waals surface area contributed by atoms with Gasteiger partial charge < -0.3 is 10.1 Å². The summed E-state index contributed by atoms with van der Waals surface area (Å²) in [5.74, 6) is -0.583. The molecule has 1 N–H and O–H groups in total. The van der Waals surface area contributed by atoms with Gasteiger partial charge in [0.15, 0.2) is 0 Å². The van der Waals surface area contributed by atoms with Crippen molar-refractivity contribution < 1.29 is 14.3 Å². The van der Waals surface area contributed by atoms with Crippen LogP contribution in [0.5, 0.6) is 0 Å². The number of aromatic nitrogens is 2. The molecule has 2 rings (SSSR count). The van der Waals surface area contributed by atoms with Crippen molar-refractivity contribution in [1.29, 1.82) is 0 Å². The molecule has 0 spiro atoms. The monoisotopic (exact) mass is 364 g/mol. The number of hydrogen-bond donors (Lipinski definition) is 1. The van der Waals surface area contributed by atoms with Crippen molar-refractivity contribution in [2.24, 2.45) is 7.05 Å². The molecule has 0 aliphatic heterocycles. The average molecular weight is 364 g/mol. The number of amides is 1. The number of likely N-dealkylation sites (N-methyl/N-ethyl adjacent to an activating group) is 1. The number of anilines is 1. The molecule has 25 heavy (non-hydrogen) atoms. The minimum Gasteiger partial charge on any atom is -0.465 e. The van der Waals surface area contributed by atoms with Crippen molar-refractivity contribution in [3.63, 3.8) is 0 Å². The fourth-order valence-electron chi connectivity index (χ4n) is 2.74. The van der Waals surface area contributed by atoms with E-state index < -0.39 is 5.97 Å². The van der Waals surface area contributed by atoms with E-state index in [-0.39, 0.29) is 12.5 Å². The predicted molar refractivity (Wildman–Crippen MR) is 97.9 cm³/mol. The molecule has 2 aromatic rings. The second kappa shape index (κ2) is 8.26. The van der Waals surface area contributed by atoms with Crippen molar-refractivity contribution in [3.05, 3.63) is 34.0 Å². The predicted octanol–water partition coefficient (Wildman–Crippen LogP) is 2.21. The molecule has 2 heterocycles. The molecule has 0 aliphatic carbocycles. The Balaban J connectivity index is 2.06. The van der Waals surface area contributed by atoms with Gasteiger partial charge in [0, 0.05) is 30.2 Å². The van der Waals surface area contributed by atoms with E-state index in [4.69, 9.17) is 4.74 Å². The molecule has 0 bridgehead atoms. The van der Waals surface area contributed by atoms with Crippen molar-refractivity contribution in [1.82, 2.24) is 14.7 Å². The summed E-state index contributed by atoms with van der Waals surface area (Å²) in [5.41, 5.74) is 2.43. The molecule has 136 valence electrons. The highest BCUT2D eigenvalue weighted by molar-refractivity contribution is 7.16. The van der Waals surface area contributed by atoms with E-state index in [2.05, 4.69) is 10.4 Å². The Hall–Kier alpha value is -2.19. The highest BCUT2D eigenvalue weighted by Gasteiger charge is 2.23. The number of esters is 1. The molecule has 2 aromatic heterocycles. The van der Waals surface area contributed by atoms with Gasteiger partial charge in [0.05, 0.1) is 25.4 Å². The summed E-state index contributed by atoms with van der Waals surface area (Å²) in [6.45, 7) is 4.76. The zero-order valence-corrected chi connectivity index (χ0v) is 16.1. The van der Waals surface area contributed by atoms with Crippen molar-refractivity contribution in [2.45, 2.75) is 26.8 Å². The maximum atomic E-state index is 12.4. The third-order valence-corrected chi connectivity index (χ3v) is 4.89. The number of nitrogens with zero attached hydrogens (tertiary/aromatic N) is 3. The van der Waals surface area contributed by atoms with Crippen LogP contribution < -0.4 is 5.32 Å². The third kappa shape index (κ3) is 4.67. The van der Waals surface area contributed by atoms with Gasteiger partial charge in [0.1, 0.15) is 5.00 Å². The molecule has 0 aliphatic rings. The van der Waals surface area contributed by atoms with Gasteiger partial charge >= 0.3 is 5.97 Å². The summed E-state index contributed by atoms with van der Waals surface area (Å²) in [6.07, 6.45) is 4.41. The minimum atomic E-state index is -0.416. The lowest BCUT2D eigenvalue weighted by molar-refractivity contribution is -0.117. The largest absolute Gasteiger partial charge is 0.465 e. The van der Waals surface area contributed by atoms with E-state index in [0.29, 0.717) is 23.5 Å². The van der Waals surface area contributed by atoms with Crippen LogP contribution in [-0.2, 0) is 29.5 Å². The maximum absolute atomic E-state index is 12.4. The van der Waals surface area contributed by atoms with Crippen molar-refractivity contribution in [3.8, 4) is 0 Å². The van der Waals surface area contributed by atoms with E-state index in [1.807, 2.05) is 39.0 Å². The van der Waals surface area contributed by atoms with Gasteiger partial charge in [-0.2, -0.15) is 5.10 Å². The minimum absolute atomic E-state index is 0.166. The number of methoxy groups -OCH3 is 1. The summed E-state index contributed by atoms with van der Waals surface area (Å²) >= 11 is 1.41. The van der Waals surface area contributed by atoms with E-state index in [0.717, 1.165) is 16.0 Å². The summed E-state index contributed by atoms with van der Waals surface area (Å²) in [7, 11) is 5.07. The molecule has 7 nitrogen and oxygen atoms in total. The number of carbonyl (C=O) groups is 2. The highest BCUT2D eigenvalue weighted by Crippen LogP contribution is 2.33. The van der Waals surface area contributed by atoms with Crippen LogP contribution in [0.2, 0.25) is 0 Å². The van der Waals surface area contributed by atoms with Crippen LogP contribution in [-0.4, -0.2) is 47.3 Å². The van der Waals surface area contributed by atoms with Crippen LogP contribution >= 0.6 is 11.3 Å². The number of carbonyl (C=O) groups excluding carboxylic acids is 2. The van der Waals surface area contributed by atoms with Gasteiger partial charge in [0.2, 0.25) is 5.91 Å². The van der Waals surface area contributed by atoms with Crippen LogP contribution in [0.4, 0.5) is 5.00 Å². The topological polar surface area (TPSA) is 76.5 Å². The smallest absolute Gasteiger partial charge is 0.341 e. The maximum Gasteiger partial charge on any atom is 0.341 e. The first kappa shape index (κ1) is 19.1. The number of thiophene rings is 1. The first-order valence-electron chi connectivity index (χ1n) is 8.02. The molecule has 0 aromatic carbocycles. The van der Waals surface area contributed by atoms with E-state index in [1.54, 1.807) is 10.9 Å². The fraction of sp³-hybridized carbons (Fsp3) is 0.471. The molecule has 0 radical (unpaired) electrons. The lowest BCUT2D eigenvalue weighted by Gasteiger charge is -2.15. The van der Waals surface area contributed by atoms with Gasteiger partial charge in [0.25, 0.3) is 0 Å². The number of ether oxygens (including phenoxy) is 1. The van der Waals surface area contributed by atoms with E-state index >= 15 is 0 Å². The summed E-state index contributed by atoms with van der Waals surface area (Å²) < 4.78 is 6.60. The van der Waals surface area contributed by atoms with Crippen LogP contribution in [0.1, 0.15) is 33.3 Å². The molecule has 0 unspecified atom stereocenters. The summed E-state index contributed by atoms with van der Waals surface area (Å²) in [4.78, 5) is 27.4. The number of aryl methyl sites for hydroxylation is 2. The van der Waals surface area contributed by atoms with Crippen LogP contribution in [0.15, 0.2) is 12.4 Å². The average Bonchev–Trinajstić information content (AvgIpc) is 3.08. The Labute approximate surface area is 151 Å². The second-order valence-corrected chi connectivity index (χ2v) is 7.15. The van der Waals surface area contributed by atoms with Crippen LogP contribution in [0, 0.1) is 6.92 Å². The first-order chi connectivity index (χ1) is 11.8. The summed E-state index contributed by atoms with van der Waals surface area (Å²) in [5, 5.41) is 7.53. The first-order valence-corrected chi connectivity index (χ1v) is 8.83. The van der Waals surface area contributed by atoms with Gasteiger partial charge in [-0.15, -0.1) is 11.3 Å². The van der Waals surface area contributed by atoms with Gasteiger partial charge in [-0.25, -0.2) is 4.79 Å². The lowest BCUT2D eigenvalue weighted by Crippen LogP contribution is -2.30. The van der Waals surface area contributed by atoms with Crippen LogP contribution in [0.25, 0.3) is 0 Å². The Morgan fingerprint density at radius 3 is 2.72 bits per heavy atom. The third-order valence-electron chi connectivity index (χ3n) is 3.83. The quantitative estimate of drug-likeness (QED) is 0.762. The Kier molecular flexibility index (Phi) is 6.33. The summed E-state index contributed by atoms with van der Waals surface area (Å²) in [6, 6.07) is 0. The number of hydrogen-bond acceptors (Lipinski definition) is 6. The van der Waals surface area contributed by atoms with Gasteiger partial charge in [-0.1, -0.05) is 6.92 Å². The lowest BCUT2D eigenvalue weighted by atomic mass is 10.1. The molecule has 1 amide bonds. The zero-order chi connectivity index (χ0) is 18.6. The number of rotatable bonds is 7. The molecular formula is C17H24N4O3S. The van der Waals surface area contributed by atoms with E-state index in [9.17, 15) is 9.59 Å². The number of nitrogens with one attached hydrogen (secondary N) is 1. The Bertz CT molecular complexity index is 766. The molecule has 0 fully saturated rings. The van der Waals surface area contributed by atoms with Crippen molar-refractivity contribution >= 4 is 28.2 Å². The fourth-order valence-corrected chi connectivity index (χ4v) is 3.89. The van der Waals surface area contributed by atoms with Gasteiger partial charge in [-0.05, 0) is 26.0 Å². The van der Waals surface area contributed by atoms with Crippen molar-refractivity contribution in [2.75, 3.05) is 26.0 Å². The molecule has 8 heteroatoms. The Morgan fingerprint density at radius 2 is 2.16 bits per heavy atom. The SMILES string of the molecule is CCc1c(C)sc(NC(=O)CN(C)Cc2cnn(C)c2)c1C(=O)OC. The molecule has 0 saturated carbocycles. The Morgan fingerprint density at radius 1 is 1.44 bits per heavy atom. The highest BCUT2D eigenvalue weighted by atomic mass is 32.1. The molecule has 0 saturated heterocycles. The molecular weight excluding hydrogens is 340 g/mol. The molecule has 0 atom stereocenters. The van der Waals surface area contributed by atoms with E-state index in [1.165, 1.54) is 18.4 Å². The zero-order valence-electron chi connectivity index (χ0n) is 15.3. The van der Waals surface area contributed by atoms with Crippen LogP contribution in [0.3, 0.4) is 0 Å². The van der Waals surface area contributed by atoms with Gasteiger partial charge in [-0.3, -0.25) is 14.4 Å².